The Morgan fingerprint density at radius 1 is 1.15 bits per heavy atom. The monoisotopic (exact) mass is 295 g/mol. The SMILES string of the molecule is Cc1ccc(CNC(C)c2cc(F)ccc2F)cc1Cl. The molecule has 20 heavy (non-hydrogen) atoms. The normalized spacial score (nSPS) is 12.4. The summed E-state index contributed by atoms with van der Waals surface area (Å²) in [5, 5.41) is 3.87. The zero-order valence-corrected chi connectivity index (χ0v) is 12.1. The van der Waals surface area contributed by atoms with Gasteiger partial charge < -0.3 is 5.32 Å². The van der Waals surface area contributed by atoms with Gasteiger partial charge in [-0.2, -0.15) is 0 Å². The largest absolute Gasteiger partial charge is 0.306 e. The molecule has 0 amide bonds. The number of benzene rings is 2. The third kappa shape index (κ3) is 3.56. The highest BCUT2D eigenvalue weighted by Gasteiger charge is 2.11. The zero-order chi connectivity index (χ0) is 14.7. The van der Waals surface area contributed by atoms with E-state index in [2.05, 4.69) is 5.32 Å². The summed E-state index contributed by atoms with van der Waals surface area (Å²) in [6.07, 6.45) is 0. The molecule has 0 aliphatic heterocycles. The van der Waals surface area contributed by atoms with Crippen molar-refractivity contribution in [3.63, 3.8) is 0 Å². The Bertz CT molecular complexity index is 613. The van der Waals surface area contributed by atoms with Crippen LogP contribution < -0.4 is 5.32 Å². The topological polar surface area (TPSA) is 12.0 Å². The first kappa shape index (κ1) is 14.9. The number of halogens is 3. The van der Waals surface area contributed by atoms with Crippen LogP contribution in [0.5, 0.6) is 0 Å². The molecule has 0 heterocycles. The third-order valence-electron chi connectivity index (χ3n) is 3.27. The fourth-order valence-electron chi connectivity index (χ4n) is 1.97. The quantitative estimate of drug-likeness (QED) is 0.856. The molecule has 0 bridgehead atoms. The summed E-state index contributed by atoms with van der Waals surface area (Å²) < 4.78 is 26.8. The van der Waals surface area contributed by atoms with E-state index in [-0.39, 0.29) is 6.04 Å². The standard InChI is InChI=1S/C16H16ClF2N/c1-10-3-4-12(7-15(10)17)9-20-11(2)14-8-13(18)5-6-16(14)19/h3-8,11,20H,9H2,1-2H3. The average molecular weight is 296 g/mol. The molecule has 0 saturated heterocycles. The predicted octanol–water partition coefficient (Wildman–Crippen LogP) is 4.78. The van der Waals surface area contributed by atoms with Gasteiger partial charge in [-0.1, -0.05) is 23.7 Å². The molecule has 0 saturated carbocycles. The Kier molecular flexibility index (Phi) is 4.73. The van der Waals surface area contributed by atoms with E-state index in [0.29, 0.717) is 17.1 Å². The van der Waals surface area contributed by atoms with Crippen molar-refractivity contribution in [2.45, 2.75) is 26.4 Å². The molecule has 2 aromatic rings. The van der Waals surface area contributed by atoms with Crippen molar-refractivity contribution in [2.75, 3.05) is 0 Å². The molecule has 2 rings (SSSR count). The molecular weight excluding hydrogens is 280 g/mol. The van der Waals surface area contributed by atoms with Crippen molar-refractivity contribution < 1.29 is 8.78 Å². The number of aryl methyl sites for hydroxylation is 1. The van der Waals surface area contributed by atoms with E-state index < -0.39 is 11.6 Å². The second-order valence-electron chi connectivity index (χ2n) is 4.85. The van der Waals surface area contributed by atoms with Gasteiger partial charge in [-0.3, -0.25) is 0 Å². The van der Waals surface area contributed by atoms with E-state index in [4.69, 9.17) is 11.6 Å². The first-order valence-electron chi connectivity index (χ1n) is 6.40. The second-order valence-corrected chi connectivity index (χ2v) is 5.26. The van der Waals surface area contributed by atoms with E-state index in [1.165, 1.54) is 6.07 Å². The Labute approximate surface area is 122 Å². The molecule has 0 aliphatic carbocycles. The summed E-state index contributed by atoms with van der Waals surface area (Å²) in [7, 11) is 0. The minimum Gasteiger partial charge on any atom is -0.306 e. The zero-order valence-electron chi connectivity index (χ0n) is 11.4. The number of nitrogens with one attached hydrogen (secondary N) is 1. The highest BCUT2D eigenvalue weighted by atomic mass is 35.5. The Morgan fingerprint density at radius 3 is 2.60 bits per heavy atom. The van der Waals surface area contributed by atoms with Crippen molar-refractivity contribution in [2.24, 2.45) is 0 Å². The van der Waals surface area contributed by atoms with Gasteiger partial charge in [0.1, 0.15) is 11.6 Å². The molecule has 1 unspecified atom stereocenters. The van der Waals surface area contributed by atoms with Gasteiger partial charge in [0.15, 0.2) is 0 Å². The minimum atomic E-state index is -0.437. The molecule has 0 spiro atoms. The molecule has 1 atom stereocenters. The van der Waals surface area contributed by atoms with Gasteiger partial charge in [-0.25, -0.2) is 8.78 Å². The maximum absolute atomic E-state index is 13.6. The molecule has 0 radical (unpaired) electrons. The average Bonchev–Trinajstić information content (AvgIpc) is 2.42. The molecule has 1 nitrogen and oxygen atoms in total. The van der Waals surface area contributed by atoms with Crippen LogP contribution in [0.2, 0.25) is 5.02 Å². The molecule has 0 aromatic heterocycles. The van der Waals surface area contributed by atoms with E-state index in [1.807, 2.05) is 25.1 Å². The maximum atomic E-state index is 13.6. The maximum Gasteiger partial charge on any atom is 0.128 e. The van der Waals surface area contributed by atoms with Gasteiger partial charge in [0.05, 0.1) is 0 Å². The van der Waals surface area contributed by atoms with Crippen LogP contribution in [0.3, 0.4) is 0 Å². The summed E-state index contributed by atoms with van der Waals surface area (Å²) in [6, 6.07) is 8.96. The van der Waals surface area contributed by atoms with Crippen LogP contribution >= 0.6 is 11.6 Å². The summed E-state index contributed by atoms with van der Waals surface area (Å²) >= 11 is 6.05. The van der Waals surface area contributed by atoms with E-state index in [9.17, 15) is 8.78 Å². The lowest BCUT2D eigenvalue weighted by Crippen LogP contribution is -2.19. The van der Waals surface area contributed by atoms with Crippen LogP contribution in [0.25, 0.3) is 0 Å². The van der Waals surface area contributed by atoms with Crippen molar-refractivity contribution in [3.05, 3.63) is 69.7 Å². The van der Waals surface area contributed by atoms with Crippen LogP contribution in [0, 0.1) is 18.6 Å². The molecule has 1 N–H and O–H groups in total. The highest BCUT2D eigenvalue weighted by Crippen LogP contribution is 2.20. The van der Waals surface area contributed by atoms with Crippen molar-refractivity contribution in [1.29, 1.82) is 0 Å². The van der Waals surface area contributed by atoms with Crippen molar-refractivity contribution >= 4 is 11.6 Å². The van der Waals surface area contributed by atoms with E-state index in [0.717, 1.165) is 23.3 Å². The lowest BCUT2D eigenvalue weighted by Gasteiger charge is -2.15. The van der Waals surface area contributed by atoms with Crippen LogP contribution in [-0.2, 0) is 6.54 Å². The lowest BCUT2D eigenvalue weighted by atomic mass is 10.1. The van der Waals surface area contributed by atoms with E-state index >= 15 is 0 Å². The van der Waals surface area contributed by atoms with Gasteiger partial charge in [-0.15, -0.1) is 0 Å². The first-order valence-corrected chi connectivity index (χ1v) is 6.78. The predicted molar refractivity (Wildman–Crippen MR) is 77.8 cm³/mol. The highest BCUT2D eigenvalue weighted by molar-refractivity contribution is 6.31. The van der Waals surface area contributed by atoms with Crippen LogP contribution in [-0.4, -0.2) is 0 Å². The summed E-state index contributed by atoms with van der Waals surface area (Å²) in [4.78, 5) is 0. The number of rotatable bonds is 4. The molecular formula is C16H16ClF2N. The van der Waals surface area contributed by atoms with Gasteiger partial charge in [0, 0.05) is 23.2 Å². The van der Waals surface area contributed by atoms with Gasteiger partial charge in [0.25, 0.3) is 0 Å². The Hall–Kier alpha value is -1.45. The van der Waals surface area contributed by atoms with Crippen molar-refractivity contribution in [3.8, 4) is 0 Å². The first-order chi connectivity index (χ1) is 9.47. The van der Waals surface area contributed by atoms with Gasteiger partial charge >= 0.3 is 0 Å². The van der Waals surface area contributed by atoms with Crippen LogP contribution in [0.15, 0.2) is 36.4 Å². The fraction of sp³-hybridized carbons (Fsp3) is 0.250. The number of hydrogen-bond acceptors (Lipinski definition) is 1. The molecule has 0 aliphatic rings. The van der Waals surface area contributed by atoms with Crippen LogP contribution in [0.4, 0.5) is 8.78 Å². The van der Waals surface area contributed by atoms with Gasteiger partial charge in [0.2, 0.25) is 0 Å². The molecule has 4 heteroatoms. The molecule has 106 valence electrons. The molecule has 0 fully saturated rings. The van der Waals surface area contributed by atoms with Crippen molar-refractivity contribution in [1.82, 2.24) is 5.32 Å². The second kappa shape index (κ2) is 6.33. The molecule has 2 aromatic carbocycles. The fourth-order valence-corrected chi connectivity index (χ4v) is 2.18. The summed E-state index contributed by atoms with van der Waals surface area (Å²) in [6.45, 7) is 4.27. The van der Waals surface area contributed by atoms with Crippen LogP contribution in [0.1, 0.15) is 29.7 Å². The smallest absolute Gasteiger partial charge is 0.128 e. The summed E-state index contributed by atoms with van der Waals surface area (Å²) in [5.41, 5.74) is 2.34. The third-order valence-corrected chi connectivity index (χ3v) is 3.68. The number of hydrogen-bond donors (Lipinski definition) is 1. The van der Waals surface area contributed by atoms with Gasteiger partial charge in [-0.05, 0) is 49.2 Å². The lowest BCUT2D eigenvalue weighted by molar-refractivity contribution is 0.518. The Morgan fingerprint density at radius 2 is 1.90 bits per heavy atom. The Balaban J connectivity index is 2.06. The minimum absolute atomic E-state index is 0.286. The van der Waals surface area contributed by atoms with E-state index in [1.54, 1.807) is 6.92 Å². The summed E-state index contributed by atoms with van der Waals surface area (Å²) in [5.74, 6) is -0.846.